The van der Waals surface area contributed by atoms with Crippen molar-refractivity contribution in [2.75, 3.05) is 18.2 Å². The summed E-state index contributed by atoms with van der Waals surface area (Å²) < 4.78 is 7.79. The third-order valence-electron chi connectivity index (χ3n) is 3.93. The maximum atomic E-state index is 12.4. The summed E-state index contributed by atoms with van der Waals surface area (Å²) in [6, 6.07) is 0. The largest absolute Gasteiger partial charge is 0.394 e. The molecule has 126 valence electrons. The van der Waals surface area contributed by atoms with Crippen molar-refractivity contribution < 1.29 is 20.1 Å². The van der Waals surface area contributed by atoms with Crippen LogP contribution in [0, 0.1) is 0 Å². The lowest BCUT2D eigenvalue weighted by molar-refractivity contribution is -0.0527. The third kappa shape index (κ3) is 1.96. The quantitative estimate of drug-likeness (QED) is 0.341. The van der Waals surface area contributed by atoms with E-state index >= 15 is 0 Å². The van der Waals surface area contributed by atoms with Crippen LogP contribution in [-0.2, 0) is 11.8 Å². The first-order valence-corrected chi connectivity index (χ1v) is 6.66. The van der Waals surface area contributed by atoms with Crippen LogP contribution in [0.2, 0.25) is 0 Å². The predicted molar refractivity (Wildman–Crippen MR) is 76.8 cm³/mol. The van der Waals surface area contributed by atoms with Gasteiger partial charge in [0.15, 0.2) is 17.4 Å². The lowest BCUT2D eigenvalue weighted by Gasteiger charge is -2.15. The molecule has 1 aliphatic heterocycles. The molecule has 1 aliphatic rings. The number of nitrogens with two attached hydrogens (primary N) is 2. The molecule has 12 heteroatoms. The number of anilines is 1. The normalized spacial score (nSPS) is 27.8. The number of aryl methyl sites for hydroxylation is 1. The number of hydrogen-bond donors (Lipinski definition) is 5. The number of rotatable bonds is 2. The van der Waals surface area contributed by atoms with Crippen LogP contribution in [-0.4, -0.2) is 59.0 Å². The molecule has 0 radical (unpaired) electrons. The van der Waals surface area contributed by atoms with Gasteiger partial charge in [0, 0.05) is 7.05 Å². The maximum absolute atomic E-state index is 12.4. The molecule has 4 atom stereocenters. The monoisotopic (exact) mass is 328 g/mol. The van der Waals surface area contributed by atoms with E-state index in [9.17, 15) is 19.8 Å². The Labute approximate surface area is 127 Å². The molecule has 0 unspecified atom stereocenters. The summed E-state index contributed by atoms with van der Waals surface area (Å²) in [4.78, 5) is 28.5. The molecular formula is C11H16N6O6. The van der Waals surface area contributed by atoms with Crippen molar-refractivity contribution in [3.8, 4) is 0 Å². The van der Waals surface area contributed by atoms with Crippen molar-refractivity contribution in [2.24, 2.45) is 7.05 Å². The van der Waals surface area contributed by atoms with E-state index < -0.39 is 42.4 Å². The molecule has 12 nitrogen and oxygen atoms in total. The molecule has 7 N–H and O–H groups in total. The SMILES string of the molecule is Cn1c(=O)n([C@@H]2O[C@@H](CO)[C@@H](O)[C@H]2O)c2nc(N)n(N)c(=O)c21. The molecule has 2 aromatic heterocycles. The van der Waals surface area contributed by atoms with Gasteiger partial charge in [-0.05, 0) is 0 Å². The molecule has 2 aromatic rings. The van der Waals surface area contributed by atoms with E-state index in [1.807, 2.05) is 0 Å². The number of nitrogens with zero attached hydrogens (tertiary/aromatic N) is 4. The molecule has 0 bridgehead atoms. The number of aliphatic hydroxyl groups is 3. The van der Waals surface area contributed by atoms with E-state index in [-0.39, 0.29) is 17.1 Å². The fourth-order valence-corrected chi connectivity index (χ4v) is 2.66. The Morgan fingerprint density at radius 1 is 1.30 bits per heavy atom. The van der Waals surface area contributed by atoms with Gasteiger partial charge in [0.2, 0.25) is 5.95 Å². The fraction of sp³-hybridized carbons (Fsp3) is 0.545. The van der Waals surface area contributed by atoms with Crippen LogP contribution in [0.15, 0.2) is 9.59 Å². The van der Waals surface area contributed by atoms with Gasteiger partial charge in [-0.25, -0.2) is 9.36 Å². The number of imidazole rings is 1. The van der Waals surface area contributed by atoms with Gasteiger partial charge in [0.1, 0.15) is 18.3 Å². The summed E-state index contributed by atoms with van der Waals surface area (Å²) in [7, 11) is 1.32. The smallest absolute Gasteiger partial charge is 0.332 e. The van der Waals surface area contributed by atoms with Crippen LogP contribution in [0.5, 0.6) is 0 Å². The highest BCUT2D eigenvalue weighted by molar-refractivity contribution is 5.72. The van der Waals surface area contributed by atoms with Gasteiger partial charge in [-0.1, -0.05) is 0 Å². The molecule has 3 heterocycles. The highest BCUT2D eigenvalue weighted by Crippen LogP contribution is 2.29. The second-order valence-electron chi connectivity index (χ2n) is 5.26. The van der Waals surface area contributed by atoms with Crippen LogP contribution < -0.4 is 22.8 Å². The zero-order valence-corrected chi connectivity index (χ0v) is 12.0. The van der Waals surface area contributed by atoms with E-state index in [0.29, 0.717) is 4.68 Å². The number of aliphatic hydroxyl groups excluding tert-OH is 3. The summed E-state index contributed by atoms with van der Waals surface area (Å²) in [6.45, 7) is -0.556. The van der Waals surface area contributed by atoms with E-state index in [1.54, 1.807) is 0 Å². The van der Waals surface area contributed by atoms with Crippen LogP contribution in [0.4, 0.5) is 5.95 Å². The van der Waals surface area contributed by atoms with E-state index in [2.05, 4.69) is 4.98 Å². The minimum atomic E-state index is -1.50. The van der Waals surface area contributed by atoms with E-state index in [1.165, 1.54) is 7.05 Å². The molecule has 0 aromatic carbocycles. The van der Waals surface area contributed by atoms with Crippen molar-refractivity contribution in [1.29, 1.82) is 0 Å². The molecule has 1 fully saturated rings. The fourth-order valence-electron chi connectivity index (χ4n) is 2.66. The highest BCUT2D eigenvalue weighted by Gasteiger charge is 2.45. The molecule has 0 saturated carbocycles. The second-order valence-corrected chi connectivity index (χ2v) is 5.26. The zero-order chi connectivity index (χ0) is 17.0. The third-order valence-corrected chi connectivity index (χ3v) is 3.93. The van der Waals surface area contributed by atoms with Gasteiger partial charge in [-0.15, -0.1) is 0 Å². The van der Waals surface area contributed by atoms with E-state index in [0.717, 1.165) is 9.13 Å². The van der Waals surface area contributed by atoms with Gasteiger partial charge < -0.3 is 31.6 Å². The van der Waals surface area contributed by atoms with Gasteiger partial charge in [-0.3, -0.25) is 9.36 Å². The van der Waals surface area contributed by atoms with Crippen LogP contribution >= 0.6 is 0 Å². The molecule has 1 saturated heterocycles. The molecule has 0 amide bonds. The van der Waals surface area contributed by atoms with Crippen molar-refractivity contribution in [3.05, 3.63) is 20.8 Å². The standard InChI is InChI=1S/C11H16N6O6/c1-15-4-7(14-10(12)17(13)8(4)21)16(11(15)22)9-6(20)5(19)3(2-18)23-9/h3,5-6,9,18-20H,2,13H2,1H3,(H2,12,14)/t3-,5+,6+,9+/m0/s1. The summed E-state index contributed by atoms with van der Waals surface area (Å²) in [6.07, 6.45) is -5.32. The summed E-state index contributed by atoms with van der Waals surface area (Å²) >= 11 is 0. The molecular weight excluding hydrogens is 312 g/mol. The number of fused-ring (bicyclic) bond motifs is 1. The van der Waals surface area contributed by atoms with Crippen LogP contribution in [0.3, 0.4) is 0 Å². The second kappa shape index (κ2) is 5.06. The number of hydrogen-bond acceptors (Lipinski definition) is 9. The van der Waals surface area contributed by atoms with Gasteiger partial charge >= 0.3 is 5.69 Å². The van der Waals surface area contributed by atoms with Gasteiger partial charge in [0.05, 0.1) is 6.61 Å². The number of nitrogen functional groups attached to an aromatic ring is 2. The topological polar surface area (TPSA) is 184 Å². The lowest BCUT2D eigenvalue weighted by atomic mass is 10.1. The first kappa shape index (κ1) is 15.5. The average molecular weight is 328 g/mol. The zero-order valence-electron chi connectivity index (χ0n) is 12.0. The van der Waals surface area contributed by atoms with Crippen molar-refractivity contribution in [3.63, 3.8) is 0 Å². The predicted octanol–water partition coefficient (Wildman–Crippen LogP) is -4.20. The highest BCUT2D eigenvalue weighted by atomic mass is 16.6. The maximum Gasteiger partial charge on any atom is 0.332 e. The molecule has 0 spiro atoms. The Hall–Kier alpha value is -2.41. The molecule has 3 rings (SSSR count). The van der Waals surface area contributed by atoms with Crippen molar-refractivity contribution in [2.45, 2.75) is 24.5 Å². The Kier molecular flexibility index (Phi) is 3.40. The molecule has 23 heavy (non-hydrogen) atoms. The Morgan fingerprint density at radius 2 is 1.96 bits per heavy atom. The molecule has 0 aliphatic carbocycles. The van der Waals surface area contributed by atoms with Gasteiger partial charge in [0.25, 0.3) is 5.56 Å². The number of aromatic nitrogens is 4. The Morgan fingerprint density at radius 3 is 2.52 bits per heavy atom. The Bertz CT molecular complexity index is 884. The summed E-state index contributed by atoms with van der Waals surface area (Å²) in [5.74, 6) is 5.12. The van der Waals surface area contributed by atoms with Crippen LogP contribution in [0.25, 0.3) is 11.2 Å². The average Bonchev–Trinajstić information content (AvgIpc) is 2.93. The Balaban J connectivity index is 2.30. The lowest BCUT2D eigenvalue weighted by Crippen LogP contribution is -2.35. The summed E-state index contributed by atoms with van der Waals surface area (Å²) in [5.41, 5.74) is 3.79. The number of ether oxygens (including phenoxy) is 1. The minimum absolute atomic E-state index is 0.135. The first-order chi connectivity index (χ1) is 10.8. The van der Waals surface area contributed by atoms with Crippen molar-refractivity contribution in [1.82, 2.24) is 18.8 Å². The van der Waals surface area contributed by atoms with E-state index in [4.69, 9.17) is 21.4 Å². The minimum Gasteiger partial charge on any atom is -0.394 e. The first-order valence-electron chi connectivity index (χ1n) is 6.66. The van der Waals surface area contributed by atoms with Crippen molar-refractivity contribution >= 4 is 17.1 Å². The summed E-state index contributed by atoms with van der Waals surface area (Å²) in [5, 5.41) is 29.0. The van der Waals surface area contributed by atoms with Gasteiger partial charge in [-0.2, -0.15) is 9.66 Å². The van der Waals surface area contributed by atoms with Crippen LogP contribution in [0.1, 0.15) is 6.23 Å².